The summed E-state index contributed by atoms with van der Waals surface area (Å²) in [4.78, 5) is -0.273. The number of aliphatic hydroxyl groups is 1. The molecule has 0 radical (unpaired) electrons. The average molecular weight is 382 g/mol. The molecule has 0 saturated carbocycles. The van der Waals surface area contributed by atoms with Gasteiger partial charge in [0.25, 0.3) is 10.0 Å². The Kier molecular flexibility index (Phi) is 4.30. The molecule has 2 rings (SSSR count). The number of aryl methyl sites for hydroxylation is 1. The summed E-state index contributed by atoms with van der Waals surface area (Å²) in [6.07, 6.45) is 0. The van der Waals surface area contributed by atoms with E-state index in [1.165, 1.54) is 6.92 Å². The summed E-state index contributed by atoms with van der Waals surface area (Å²) in [5, 5.41) is 15.2. The van der Waals surface area contributed by atoms with Gasteiger partial charge < -0.3 is 5.11 Å². The highest BCUT2D eigenvalue weighted by Crippen LogP contribution is 2.27. The molecule has 0 bridgehead atoms. The highest BCUT2D eigenvalue weighted by molar-refractivity contribution is 9.10. The minimum Gasteiger partial charge on any atom is -0.390 e. The lowest BCUT2D eigenvalue weighted by Crippen LogP contribution is -2.16. The molecule has 0 fully saturated rings. The SMILES string of the molecule is Cc1[nH]nc(CO)c1S(=O)(=O)Nc1cc(Br)c(F)cc1F. The number of nitrogens with zero attached hydrogens (tertiary/aromatic N) is 1. The number of benzene rings is 1. The van der Waals surface area contributed by atoms with Gasteiger partial charge in [-0.3, -0.25) is 9.82 Å². The molecule has 0 aliphatic heterocycles. The van der Waals surface area contributed by atoms with Crippen molar-refractivity contribution >= 4 is 31.6 Å². The molecule has 1 heterocycles. The first-order chi connectivity index (χ1) is 9.76. The normalized spacial score (nSPS) is 11.7. The van der Waals surface area contributed by atoms with Crippen LogP contribution >= 0.6 is 15.9 Å². The quantitative estimate of drug-likeness (QED) is 0.706. The van der Waals surface area contributed by atoms with Crippen molar-refractivity contribution in [1.29, 1.82) is 0 Å². The minimum atomic E-state index is -4.18. The van der Waals surface area contributed by atoms with Gasteiger partial charge in [0.05, 0.1) is 22.5 Å². The standard InChI is InChI=1S/C11H10BrF2N3O3S/c1-5-11(10(4-18)16-15-5)21(19,20)17-9-2-6(12)7(13)3-8(9)14/h2-3,17-18H,4H2,1H3,(H,15,16). The monoisotopic (exact) mass is 381 g/mol. The zero-order chi connectivity index (χ0) is 15.8. The van der Waals surface area contributed by atoms with Crippen LogP contribution in [0, 0.1) is 18.6 Å². The summed E-state index contributed by atoms with van der Waals surface area (Å²) in [5.74, 6) is -1.92. The maximum atomic E-state index is 13.6. The highest BCUT2D eigenvalue weighted by atomic mass is 79.9. The van der Waals surface area contributed by atoms with Crippen molar-refractivity contribution in [2.45, 2.75) is 18.4 Å². The van der Waals surface area contributed by atoms with Crippen LogP contribution < -0.4 is 4.72 Å². The van der Waals surface area contributed by atoms with E-state index < -0.39 is 34.0 Å². The summed E-state index contributed by atoms with van der Waals surface area (Å²) in [7, 11) is -4.18. The Morgan fingerprint density at radius 2 is 2.05 bits per heavy atom. The van der Waals surface area contributed by atoms with Gasteiger partial charge >= 0.3 is 0 Å². The van der Waals surface area contributed by atoms with Crippen molar-refractivity contribution in [2.75, 3.05) is 4.72 Å². The molecule has 6 nitrogen and oxygen atoms in total. The third kappa shape index (κ3) is 3.06. The number of H-pyrrole nitrogens is 1. The predicted octanol–water partition coefficient (Wildman–Crippen LogP) is 2.05. The van der Waals surface area contributed by atoms with E-state index in [4.69, 9.17) is 5.11 Å². The number of rotatable bonds is 4. The summed E-state index contributed by atoms with van der Waals surface area (Å²) in [6.45, 7) is 0.841. The Balaban J connectivity index is 2.47. The van der Waals surface area contributed by atoms with E-state index in [2.05, 4.69) is 26.1 Å². The van der Waals surface area contributed by atoms with Gasteiger partial charge in [0, 0.05) is 6.07 Å². The van der Waals surface area contributed by atoms with E-state index in [0.717, 1.165) is 6.07 Å². The Labute approximate surface area is 127 Å². The lowest BCUT2D eigenvalue weighted by Gasteiger charge is -2.10. The zero-order valence-electron chi connectivity index (χ0n) is 10.6. The number of aromatic nitrogens is 2. The molecule has 1 aromatic heterocycles. The maximum absolute atomic E-state index is 13.6. The van der Waals surface area contributed by atoms with Crippen molar-refractivity contribution in [3.8, 4) is 0 Å². The fourth-order valence-corrected chi connectivity index (χ4v) is 3.49. The number of hydrogen-bond acceptors (Lipinski definition) is 4. The molecule has 0 amide bonds. The minimum absolute atomic E-state index is 0.0899. The summed E-state index contributed by atoms with van der Waals surface area (Å²) < 4.78 is 53.2. The van der Waals surface area contributed by atoms with Crippen molar-refractivity contribution < 1.29 is 22.3 Å². The molecular formula is C11H10BrF2N3O3S. The van der Waals surface area contributed by atoms with Crippen LogP contribution in [-0.2, 0) is 16.6 Å². The fraction of sp³-hybridized carbons (Fsp3) is 0.182. The molecule has 0 spiro atoms. The summed E-state index contributed by atoms with van der Waals surface area (Å²) in [5.41, 5.74) is -0.331. The molecule has 10 heteroatoms. The van der Waals surface area contributed by atoms with Crippen LogP contribution in [0.4, 0.5) is 14.5 Å². The molecule has 0 unspecified atom stereocenters. The Hall–Kier alpha value is -1.52. The van der Waals surface area contributed by atoms with Crippen molar-refractivity contribution in [1.82, 2.24) is 10.2 Å². The molecular weight excluding hydrogens is 372 g/mol. The van der Waals surface area contributed by atoms with Gasteiger partial charge in [0.15, 0.2) is 0 Å². The van der Waals surface area contributed by atoms with E-state index in [9.17, 15) is 17.2 Å². The van der Waals surface area contributed by atoms with E-state index in [0.29, 0.717) is 6.07 Å². The fourth-order valence-electron chi connectivity index (χ4n) is 1.73. The predicted molar refractivity (Wildman–Crippen MR) is 74.1 cm³/mol. The van der Waals surface area contributed by atoms with Crippen LogP contribution in [0.5, 0.6) is 0 Å². The first kappa shape index (κ1) is 15.9. The number of hydrogen-bond donors (Lipinski definition) is 3. The molecule has 1 aromatic carbocycles. The smallest absolute Gasteiger partial charge is 0.265 e. The van der Waals surface area contributed by atoms with Gasteiger partial charge in [-0.05, 0) is 28.9 Å². The first-order valence-corrected chi connectivity index (χ1v) is 7.86. The van der Waals surface area contributed by atoms with Crippen LogP contribution in [0.2, 0.25) is 0 Å². The number of anilines is 1. The first-order valence-electron chi connectivity index (χ1n) is 5.58. The van der Waals surface area contributed by atoms with E-state index in [1.807, 2.05) is 4.72 Å². The zero-order valence-corrected chi connectivity index (χ0v) is 13.0. The molecule has 3 N–H and O–H groups in total. The van der Waals surface area contributed by atoms with Crippen LogP contribution in [0.1, 0.15) is 11.4 Å². The molecule has 114 valence electrons. The Bertz CT molecular complexity index is 792. The lowest BCUT2D eigenvalue weighted by molar-refractivity contribution is 0.273. The summed E-state index contributed by atoms with van der Waals surface area (Å²) in [6, 6.07) is 1.52. The topological polar surface area (TPSA) is 95.1 Å². The number of aromatic amines is 1. The van der Waals surface area contributed by atoms with Crippen LogP contribution in [0.15, 0.2) is 21.5 Å². The largest absolute Gasteiger partial charge is 0.390 e. The lowest BCUT2D eigenvalue weighted by atomic mass is 10.3. The van der Waals surface area contributed by atoms with Crippen LogP contribution in [0.25, 0.3) is 0 Å². The molecule has 0 saturated heterocycles. The second-order valence-corrected chi connectivity index (χ2v) is 6.61. The third-order valence-electron chi connectivity index (χ3n) is 2.63. The van der Waals surface area contributed by atoms with Crippen molar-refractivity contribution in [3.63, 3.8) is 0 Å². The Morgan fingerprint density at radius 1 is 1.38 bits per heavy atom. The summed E-state index contributed by atoms with van der Waals surface area (Å²) >= 11 is 2.84. The van der Waals surface area contributed by atoms with Gasteiger partial charge in [0.1, 0.15) is 22.2 Å². The molecule has 0 aliphatic carbocycles. The Morgan fingerprint density at radius 3 is 2.67 bits per heavy atom. The number of halogens is 3. The van der Waals surface area contributed by atoms with E-state index >= 15 is 0 Å². The van der Waals surface area contributed by atoms with Gasteiger partial charge in [-0.15, -0.1) is 0 Å². The molecule has 0 aliphatic rings. The van der Waals surface area contributed by atoms with Crippen LogP contribution in [0.3, 0.4) is 0 Å². The second-order valence-electron chi connectivity index (χ2n) is 4.13. The van der Waals surface area contributed by atoms with Crippen LogP contribution in [-0.4, -0.2) is 23.7 Å². The molecule has 21 heavy (non-hydrogen) atoms. The van der Waals surface area contributed by atoms with E-state index in [-0.39, 0.29) is 20.8 Å². The third-order valence-corrected chi connectivity index (χ3v) is 4.81. The number of nitrogens with one attached hydrogen (secondary N) is 2. The van der Waals surface area contributed by atoms with Gasteiger partial charge in [-0.25, -0.2) is 17.2 Å². The van der Waals surface area contributed by atoms with Crippen molar-refractivity contribution in [2.24, 2.45) is 0 Å². The van der Waals surface area contributed by atoms with Gasteiger partial charge in [-0.2, -0.15) is 5.10 Å². The maximum Gasteiger partial charge on any atom is 0.265 e. The van der Waals surface area contributed by atoms with E-state index in [1.54, 1.807) is 0 Å². The average Bonchev–Trinajstić information content (AvgIpc) is 2.77. The number of aliphatic hydroxyl groups excluding tert-OH is 1. The number of sulfonamides is 1. The molecule has 0 atom stereocenters. The molecule has 2 aromatic rings. The van der Waals surface area contributed by atoms with Gasteiger partial charge in [-0.1, -0.05) is 0 Å². The highest BCUT2D eigenvalue weighted by Gasteiger charge is 2.25. The van der Waals surface area contributed by atoms with Crippen molar-refractivity contribution in [3.05, 3.63) is 39.6 Å². The van der Waals surface area contributed by atoms with Gasteiger partial charge in [0.2, 0.25) is 0 Å². The second kappa shape index (κ2) is 5.70.